The second kappa shape index (κ2) is 3.74. The Balaban J connectivity index is 2.03. The molecule has 0 bridgehead atoms. The zero-order valence-electron chi connectivity index (χ0n) is 7.57. The van der Waals surface area contributed by atoms with E-state index in [1.165, 1.54) is 18.3 Å². The van der Waals surface area contributed by atoms with Gasteiger partial charge in [0.15, 0.2) is 5.75 Å². The zero-order chi connectivity index (χ0) is 9.97. The quantitative estimate of drug-likeness (QED) is 0.534. The fourth-order valence-electron chi connectivity index (χ4n) is 1.28. The molecule has 0 saturated heterocycles. The number of hydrogen-bond acceptors (Lipinski definition) is 3. The molecule has 0 amide bonds. The van der Waals surface area contributed by atoms with Crippen LogP contribution in [0.4, 0.5) is 4.39 Å². The fraction of sp³-hybridized carbons (Fsp3) is 0.400. The van der Waals surface area contributed by atoms with Crippen LogP contribution in [-0.4, -0.2) is 11.0 Å². The lowest BCUT2D eigenvalue weighted by atomic mass is 9.86. The van der Waals surface area contributed by atoms with Gasteiger partial charge in [-0.05, 0) is 25.0 Å². The van der Waals surface area contributed by atoms with Crippen molar-refractivity contribution < 1.29 is 13.9 Å². The molecule has 1 aliphatic carbocycles. The first kappa shape index (κ1) is 9.12. The van der Waals surface area contributed by atoms with Crippen molar-refractivity contribution in [1.29, 1.82) is 0 Å². The topological polar surface area (TPSA) is 39.2 Å². The van der Waals surface area contributed by atoms with E-state index < -0.39 is 5.95 Å². The molecule has 0 atom stereocenters. The number of carbonyl (C=O) groups excluding carboxylic acids is 1. The van der Waals surface area contributed by atoms with Gasteiger partial charge in [0, 0.05) is 6.20 Å². The van der Waals surface area contributed by atoms with E-state index in [0.717, 1.165) is 19.3 Å². The van der Waals surface area contributed by atoms with Gasteiger partial charge in [-0.2, -0.15) is 4.39 Å². The Hall–Kier alpha value is -1.45. The largest absolute Gasteiger partial charge is 0.421 e. The van der Waals surface area contributed by atoms with Gasteiger partial charge in [-0.3, -0.25) is 4.79 Å². The summed E-state index contributed by atoms with van der Waals surface area (Å²) < 4.78 is 17.8. The van der Waals surface area contributed by atoms with Crippen LogP contribution in [0.5, 0.6) is 5.75 Å². The third-order valence-corrected chi connectivity index (χ3v) is 2.37. The number of esters is 1. The molecule has 1 fully saturated rings. The van der Waals surface area contributed by atoms with E-state index in [9.17, 15) is 9.18 Å². The summed E-state index contributed by atoms with van der Waals surface area (Å²) in [6.07, 6.45) is 4.06. The molecular formula is C10H10FNO2. The molecule has 1 aromatic heterocycles. The highest BCUT2D eigenvalue weighted by Crippen LogP contribution is 2.28. The average molecular weight is 195 g/mol. The number of hydrogen-bond donors (Lipinski definition) is 0. The lowest BCUT2D eigenvalue weighted by molar-refractivity contribution is -0.141. The normalized spacial score (nSPS) is 16.1. The molecule has 74 valence electrons. The van der Waals surface area contributed by atoms with Crippen molar-refractivity contribution in [3.63, 3.8) is 0 Å². The van der Waals surface area contributed by atoms with Gasteiger partial charge >= 0.3 is 5.97 Å². The number of rotatable bonds is 2. The van der Waals surface area contributed by atoms with Crippen LogP contribution < -0.4 is 4.74 Å². The summed E-state index contributed by atoms with van der Waals surface area (Å²) in [7, 11) is 0. The molecule has 0 unspecified atom stereocenters. The molecule has 2 rings (SSSR count). The van der Waals surface area contributed by atoms with Gasteiger partial charge in [0.05, 0.1) is 5.92 Å². The number of ether oxygens (including phenoxy) is 1. The zero-order valence-corrected chi connectivity index (χ0v) is 7.57. The van der Waals surface area contributed by atoms with Gasteiger partial charge in [0.25, 0.3) is 5.95 Å². The second-order valence-electron chi connectivity index (χ2n) is 3.34. The summed E-state index contributed by atoms with van der Waals surface area (Å²) in [6, 6.07) is 2.94. The first-order valence-electron chi connectivity index (χ1n) is 4.59. The van der Waals surface area contributed by atoms with Crippen LogP contribution in [0.25, 0.3) is 0 Å². The third kappa shape index (κ3) is 1.73. The third-order valence-electron chi connectivity index (χ3n) is 2.37. The molecule has 1 aliphatic rings. The highest BCUT2D eigenvalue weighted by molar-refractivity contribution is 5.75. The van der Waals surface area contributed by atoms with Gasteiger partial charge in [-0.1, -0.05) is 6.42 Å². The van der Waals surface area contributed by atoms with Gasteiger partial charge in [-0.15, -0.1) is 0 Å². The predicted octanol–water partition coefficient (Wildman–Crippen LogP) is 1.93. The Labute approximate surface area is 80.9 Å². The van der Waals surface area contributed by atoms with Crippen LogP contribution in [-0.2, 0) is 4.79 Å². The molecule has 0 N–H and O–H groups in total. The monoisotopic (exact) mass is 195 g/mol. The SMILES string of the molecule is O=C(Oc1cccnc1F)C1CCC1. The maximum atomic E-state index is 12.9. The Bertz CT molecular complexity index is 350. The summed E-state index contributed by atoms with van der Waals surface area (Å²) in [5.41, 5.74) is 0. The number of carbonyl (C=O) groups is 1. The van der Waals surface area contributed by atoms with Crippen molar-refractivity contribution in [2.75, 3.05) is 0 Å². The van der Waals surface area contributed by atoms with Crippen LogP contribution in [0.2, 0.25) is 0 Å². The van der Waals surface area contributed by atoms with E-state index in [2.05, 4.69) is 4.98 Å². The minimum atomic E-state index is -0.736. The van der Waals surface area contributed by atoms with E-state index in [1.807, 2.05) is 0 Å². The minimum absolute atomic E-state index is 0.0467. The van der Waals surface area contributed by atoms with Crippen molar-refractivity contribution in [3.8, 4) is 5.75 Å². The first-order valence-corrected chi connectivity index (χ1v) is 4.59. The summed E-state index contributed by atoms with van der Waals surface area (Å²) in [4.78, 5) is 14.7. The van der Waals surface area contributed by atoms with Gasteiger partial charge in [0.1, 0.15) is 0 Å². The van der Waals surface area contributed by atoms with Crippen molar-refractivity contribution in [1.82, 2.24) is 4.98 Å². The van der Waals surface area contributed by atoms with E-state index in [4.69, 9.17) is 4.74 Å². The van der Waals surface area contributed by atoms with Crippen LogP contribution >= 0.6 is 0 Å². The molecule has 0 radical (unpaired) electrons. The molecule has 1 heterocycles. The maximum Gasteiger partial charge on any atom is 0.314 e. The summed E-state index contributed by atoms with van der Waals surface area (Å²) >= 11 is 0. The molecule has 0 spiro atoms. The Morgan fingerprint density at radius 1 is 1.57 bits per heavy atom. The molecule has 0 aromatic carbocycles. The first-order chi connectivity index (χ1) is 6.77. The average Bonchev–Trinajstić information content (AvgIpc) is 2.05. The number of halogens is 1. The van der Waals surface area contributed by atoms with Crippen molar-refractivity contribution >= 4 is 5.97 Å². The lowest BCUT2D eigenvalue weighted by Crippen LogP contribution is -2.26. The maximum absolute atomic E-state index is 12.9. The van der Waals surface area contributed by atoms with Gasteiger partial charge < -0.3 is 4.74 Å². The Morgan fingerprint density at radius 3 is 2.93 bits per heavy atom. The molecule has 1 aromatic rings. The highest BCUT2D eigenvalue weighted by Gasteiger charge is 2.27. The molecule has 1 saturated carbocycles. The van der Waals surface area contributed by atoms with Crippen LogP contribution in [0, 0.1) is 11.9 Å². The molecule has 14 heavy (non-hydrogen) atoms. The number of nitrogens with zero attached hydrogens (tertiary/aromatic N) is 1. The molecule has 0 aliphatic heterocycles. The smallest absolute Gasteiger partial charge is 0.314 e. The fourth-order valence-corrected chi connectivity index (χ4v) is 1.28. The minimum Gasteiger partial charge on any atom is -0.421 e. The van der Waals surface area contributed by atoms with Crippen molar-refractivity contribution in [2.24, 2.45) is 5.92 Å². The van der Waals surface area contributed by atoms with Gasteiger partial charge in [0.2, 0.25) is 0 Å². The molecule has 4 heteroatoms. The number of aromatic nitrogens is 1. The van der Waals surface area contributed by atoms with Crippen molar-refractivity contribution in [2.45, 2.75) is 19.3 Å². The summed E-state index contributed by atoms with van der Waals surface area (Å²) in [5, 5.41) is 0. The second-order valence-corrected chi connectivity index (χ2v) is 3.34. The number of pyridine rings is 1. The predicted molar refractivity (Wildman–Crippen MR) is 47.2 cm³/mol. The standard InChI is InChI=1S/C10H10FNO2/c11-9-8(5-2-6-12-9)14-10(13)7-3-1-4-7/h2,5-7H,1,3-4H2. The lowest BCUT2D eigenvalue weighted by Gasteiger charge is -2.22. The van der Waals surface area contributed by atoms with Crippen LogP contribution in [0.1, 0.15) is 19.3 Å². The summed E-state index contributed by atoms with van der Waals surface area (Å²) in [5.74, 6) is -1.21. The highest BCUT2D eigenvalue weighted by atomic mass is 19.1. The van der Waals surface area contributed by atoms with Crippen molar-refractivity contribution in [3.05, 3.63) is 24.3 Å². The Morgan fingerprint density at radius 2 is 2.36 bits per heavy atom. The van der Waals surface area contributed by atoms with E-state index in [-0.39, 0.29) is 17.6 Å². The van der Waals surface area contributed by atoms with E-state index >= 15 is 0 Å². The van der Waals surface area contributed by atoms with Crippen LogP contribution in [0.3, 0.4) is 0 Å². The molecular weight excluding hydrogens is 185 g/mol. The van der Waals surface area contributed by atoms with E-state index in [0.29, 0.717) is 0 Å². The van der Waals surface area contributed by atoms with Gasteiger partial charge in [-0.25, -0.2) is 4.98 Å². The van der Waals surface area contributed by atoms with E-state index in [1.54, 1.807) is 0 Å². The van der Waals surface area contributed by atoms with Crippen LogP contribution in [0.15, 0.2) is 18.3 Å². The summed E-state index contributed by atoms with van der Waals surface area (Å²) in [6.45, 7) is 0. The Kier molecular flexibility index (Phi) is 2.43. The molecule has 3 nitrogen and oxygen atoms in total.